The third-order valence-electron chi connectivity index (χ3n) is 5.18. The number of benzene rings is 2. The SMILES string of the molecule is C=CCC1(CC=C)NC(=O)/C(=C/c2ccc(Cl)cc2)CC1c1ccccc1. The highest BCUT2D eigenvalue weighted by atomic mass is 35.5. The Balaban J connectivity index is 2.02. The lowest BCUT2D eigenvalue weighted by Gasteiger charge is -2.45. The molecule has 1 heterocycles. The maximum Gasteiger partial charge on any atom is 0.247 e. The number of amides is 1. The highest BCUT2D eigenvalue weighted by molar-refractivity contribution is 6.30. The summed E-state index contributed by atoms with van der Waals surface area (Å²) in [5, 5.41) is 3.97. The predicted octanol–water partition coefficient (Wildman–Crippen LogP) is 5.92. The number of piperidine rings is 1. The van der Waals surface area contributed by atoms with Crippen LogP contribution in [-0.4, -0.2) is 11.4 Å². The van der Waals surface area contributed by atoms with Crippen molar-refractivity contribution in [2.75, 3.05) is 0 Å². The van der Waals surface area contributed by atoms with Gasteiger partial charge in [0, 0.05) is 16.5 Å². The average molecular weight is 378 g/mol. The second kappa shape index (κ2) is 8.41. The van der Waals surface area contributed by atoms with Crippen molar-refractivity contribution in [2.45, 2.75) is 30.7 Å². The van der Waals surface area contributed by atoms with Crippen LogP contribution in [-0.2, 0) is 4.79 Å². The fourth-order valence-electron chi connectivity index (χ4n) is 3.89. The molecule has 1 amide bonds. The largest absolute Gasteiger partial charge is 0.346 e. The minimum absolute atomic E-state index is 0.0270. The molecule has 0 radical (unpaired) electrons. The van der Waals surface area contributed by atoms with Crippen LogP contribution in [0.5, 0.6) is 0 Å². The van der Waals surface area contributed by atoms with Gasteiger partial charge in [-0.25, -0.2) is 0 Å². The number of carbonyl (C=O) groups is 1. The van der Waals surface area contributed by atoms with Crippen LogP contribution in [0.3, 0.4) is 0 Å². The molecular formula is C24H24ClNO. The molecule has 3 heteroatoms. The monoisotopic (exact) mass is 377 g/mol. The fourth-order valence-corrected chi connectivity index (χ4v) is 4.02. The second-order valence-corrected chi connectivity index (χ2v) is 7.42. The van der Waals surface area contributed by atoms with Crippen molar-refractivity contribution in [3.05, 3.63) is 102 Å². The number of nitrogens with one attached hydrogen (secondary N) is 1. The molecule has 2 aromatic rings. The van der Waals surface area contributed by atoms with Crippen molar-refractivity contribution < 1.29 is 4.79 Å². The molecule has 1 aliphatic heterocycles. The van der Waals surface area contributed by atoms with Crippen molar-refractivity contribution in [2.24, 2.45) is 0 Å². The number of hydrogen-bond acceptors (Lipinski definition) is 1. The molecule has 1 aliphatic rings. The van der Waals surface area contributed by atoms with E-state index in [4.69, 9.17) is 11.6 Å². The minimum Gasteiger partial charge on any atom is -0.346 e. The molecule has 1 fully saturated rings. The van der Waals surface area contributed by atoms with Gasteiger partial charge in [0.05, 0.1) is 5.54 Å². The minimum atomic E-state index is -0.403. The Kier molecular flexibility index (Phi) is 5.98. The van der Waals surface area contributed by atoms with Crippen molar-refractivity contribution in [3.8, 4) is 0 Å². The van der Waals surface area contributed by atoms with E-state index in [-0.39, 0.29) is 11.8 Å². The summed E-state index contributed by atoms with van der Waals surface area (Å²) in [5.41, 5.74) is 2.55. The Bertz CT molecular complexity index is 842. The van der Waals surface area contributed by atoms with Crippen LogP contribution in [0.2, 0.25) is 5.02 Å². The highest BCUT2D eigenvalue weighted by Gasteiger charge is 2.44. The Hall–Kier alpha value is -2.58. The smallest absolute Gasteiger partial charge is 0.247 e. The molecule has 27 heavy (non-hydrogen) atoms. The van der Waals surface area contributed by atoms with Crippen LogP contribution in [0.15, 0.2) is 85.5 Å². The molecular weight excluding hydrogens is 354 g/mol. The Morgan fingerprint density at radius 2 is 1.67 bits per heavy atom. The molecule has 0 saturated carbocycles. The van der Waals surface area contributed by atoms with Crippen LogP contribution >= 0.6 is 11.6 Å². The maximum absolute atomic E-state index is 12.9. The first-order valence-electron chi connectivity index (χ1n) is 9.13. The molecule has 3 rings (SSSR count). The molecule has 0 aromatic heterocycles. The first kappa shape index (κ1) is 19.2. The second-order valence-electron chi connectivity index (χ2n) is 6.98. The Labute approximate surface area is 166 Å². The third kappa shape index (κ3) is 4.23. The summed E-state index contributed by atoms with van der Waals surface area (Å²) in [6.45, 7) is 7.84. The molecule has 2 nitrogen and oxygen atoms in total. The van der Waals surface area contributed by atoms with Crippen molar-refractivity contribution in [3.63, 3.8) is 0 Å². The molecule has 2 aromatic carbocycles. The molecule has 1 saturated heterocycles. The standard InChI is InChI=1S/C24H24ClNO/c1-3-14-24(15-4-2)22(19-8-6-5-7-9-19)17-20(23(27)26-24)16-18-10-12-21(25)13-11-18/h3-13,16,22H,1-2,14-15,17H2,(H,26,27)/b20-16+. The molecule has 1 N–H and O–H groups in total. The Morgan fingerprint density at radius 1 is 1.04 bits per heavy atom. The zero-order chi connectivity index (χ0) is 19.3. The highest BCUT2D eigenvalue weighted by Crippen LogP contribution is 2.43. The molecule has 1 atom stereocenters. The quantitative estimate of drug-likeness (QED) is 0.491. The van der Waals surface area contributed by atoms with E-state index in [1.54, 1.807) is 0 Å². The van der Waals surface area contributed by atoms with Gasteiger partial charge in [0.2, 0.25) is 5.91 Å². The van der Waals surface area contributed by atoms with Gasteiger partial charge in [-0.2, -0.15) is 0 Å². The summed E-state index contributed by atoms with van der Waals surface area (Å²) in [5.74, 6) is 0.117. The van der Waals surface area contributed by atoms with E-state index in [1.807, 2.05) is 60.7 Å². The lowest BCUT2D eigenvalue weighted by molar-refractivity contribution is -0.121. The van der Waals surface area contributed by atoms with Gasteiger partial charge in [-0.05, 0) is 48.6 Å². The summed E-state index contributed by atoms with van der Waals surface area (Å²) in [7, 11) is 0. The number of rotatable bonds is 6. The zero-order valence-corrected chi connectivity index (χ0v) is 16.1. The lowest BCUT2D eigenvalue weighted by atomic mass is 9.69. The van der Waals surface area contributed by atoms with Crippen LogP contribution in [0.4, 0.5) is 0 Å². The average Bonchev–Trinajstić information content (AvgIpc) is 2.67. The van der Waals surface area contributed by atoms with Crippen LogP contribution in [0.1, 0.15) is 36.3 Å². The van der Waals surface area contributed by atoms with E-state index in [0.717, 1.165) is 11.1 Å². The van der Waals surface area contributed by atoms with Gasteiger partial charge in [0.15, 0.2) is 0 Å². The fraction of sp³-hybridized carbons (Fsp3) is 0.208. The van der Waals surface area contributed by atoms with Gasteiger partial charge >= 0.3 is 0 Å². The van der Waals surface area contributed by atoms with Gasteiger partial charge in [0.1, 0.15) is 0 Å². The predicted molar refractivity (Wildman–Crippen MR) is 114 cm³/mol. The third-order valence-corrected chi connectivity index (χ3v) is 5.43. The van der Waals surface area contributed by atoms with Gasteiger partial charge in [-0.15, -0.1) is 13.2 Å². The molecule has 138 valence electrons. The number of hydrogen-bond donors (Lipinski definition) is 1. The Morgan fingerprint density at radius 3 is 2.26 bits per heavy atom. The van der Waals surface area contributed by atoms with E-state index < -0.39 is 5.54 Å². The van der Waals surface area contributed by atoms with Crippen LogP contribution < -0.4 is 5.32 Å². The zero-order valence-electron chi connectivity index (χ0n) is 15.3. The first-order valence-corrected chi connectivity index (χ1v) is 9.51. The first-order chi connectivity index (χ1) is 13.1. The summed E-state index contributed by atoms with van der Waals surface area (Å²) in [6, 6.07) is 17.9. The van der Waals surface area contributed by atoms with E-state index in [2.05, 4.69) is 30.6 Å². The molecule has 0 bridgehead atoms. The number of carbonyl (C=O) groups excluding carboxylic acids is 1. The van der Waals surface area contributed by atoms with E-state index in [1.165, 1.54) is 5.56 Å². The summed E-state index contributed by atoms with van der Waals surface area (Å²) in [4.78, 5) is 12.9. The molecule has 0 spiro atoms. The van der Waals surface area contributed by atoms with Crippen LogP contribution in [0, 0.1) is 0 Å². The van der Waals surface area contributed by atoms with E-state index >= 15 is 0 Å². The van der Waals surface area contributed by atoms with Crippen molar-refractivity contribution in [1.82, 2.24) is 5.32 Å². The molecule has 0 aliphatic carbocycles. The van der Waals surface area contributed by atoms with Crippen LogP contribution in [0.25, 0.3) is 6.08 Å². The summed E-state index contributed by atoms with van der Waals surface area (Å²) >= 11 is 5.97. The van der Waals surface area contributed by atoms with Gasteiger partial charge < -0.3 is 5.32 Å². The maximum atomic E-state index is 12.9. The van der Waals surface area contributed by atoms with E-state index in [9.17, 15) is 4.79 Å². The molecule has 1 unspecified atom stereocenters. The van der Waals surface area contributed by atoms with Gasteiger partial charge in [-0.3, -0.25) is 4.79 Å². The number of halogens is 1. The van der Waals surface area contributed by atoms with Gasteiger partial charge in [-0.1, -0.05) is 66.2 Å². The van der Waals surface area contributed by atoms with Crippen molar-refractivity contribution in [1.29, 1.82) is 0 Å². The summed E-state index contributed by atoms with van der Waals surface area (Å²) in [6.07, 6.45) is 7.77. The lowest BCUT2D eigenvalue weighted by Crippen LogP contribution is -2.56. The topological polar surface area (TPSA) is 29.1 Å². The summed E-state index contributed by atoms with van der Waals surface area (Å²) < 4.78 is 0. The van der Waals surface area contributed by atoms with E-state index in [0.29, 0.717) is 24.3 Å². The van der Waals surface area contributed by atoms with Gasteiger partial charge in [0.25, 0.3) is 0 Å². The normalized spacial score (nSPS) is 20.1. The van der Waals surface area contributed by atoms with Crippen molar-refractivity contribution >= 4 is 23.6 Å².